The van der Waals surface area contributed by atoms with Gasteiger partial charge in [-0.15, -0.1) is 0 Å². The molecule has 0 unspecified atom stereocenters. The fraction of sp³-hybridized carbons (Fsp3) is 0.615. The summed E-state index contributed by atoms with van der Waals surface area (Å²) in [6.07, 6.45) is 2.68. The van der Waals surface area contributed by atoms with Crippen molar-refractivity contribution in [2.45, 2.75) is 44.8 Å². The molecule has 0 amide bonds. The molecule has 108 valence electrons. The zero-order valence-electron chi connectivity index (χ0n) is 12.0. The van der Waals surface area contributed by atoms with Crippen molar-refractivity contribution in [2.24, 2.45) is 0 Å². The number of nitrogens with zero attached hydrogens (tertiary/aromatic N) is 2. The number of nitrogens with one attached hydrogen (secondary N) is 1. The van der Waals surface area contributed by atoms with Gasteiger partial charge in [0, 0.05) is 25.8 Å². The molecule has 1 N–H and O–H groups in total. The Kier molecular flexibility index (Phi) is 5.90. The molecule has 6 heteroatoms. The molecule has 5 nitrogen and oxygen atoms in total. The fourth-order valence-electron chi connectivity index (χ4n) is 1.50. The van der Waals surface area contributed by atoms with Crippen LogP contribution in [0.15, 0.2) is 23.4 Å². The molecule has 0 aliphatic carbocycles. The molecule has 1 aromatic rings. The van der Waals surface area contributed by atoms with Crippen LogP contribution in [-0.2, 0) is 16.6 Å². The Bertz CT molecular complexity index is 483. The lowest BCUT2D eigenvalue weighted by molar-refractivity contribution is 0.408. The van der Waals surface area contributed by atoms with Crippen LogP contribution in [0.5, 0.6) is 0 Å². The zero-order chi connectivity index (χ0) is 14.5. The molecule has 19 heavy (non-hydrogen) atoms. The summed E-state index contributed by atoms with van der Waals surface area (Å²) in [6, 6.07) is 3.28. The highest BCUT2D eigenvalue weighted by Crippen LogP contribution is 2.14. The molecule has 0 fully saturated rings. The molecule has 1 aromatic heterocycles. The first-order valence-electron chi connectivity index (χ1n) is 6.53. The van der Waals surface area contributed by atoms with Gasteiger partial charge in [0.25, 0.3) is 10.0 Å². The minimum atomic E-state index is -3.48. The summed E-state index contributed by atoms with van der Waals surface area (Å²) < 4.78 is 25.7. The highest BCUT2D eigenvalue weighted by Gasteiger charge is 2.24. The van der Waals surface area contributed by atoms with E-state index in [9.17, 15) is 8.42 Å². The van der Waals surface area contributed by atoms with Crippen molar-refractivity contribution in [1.29, 1.82) is 0 Å². The Morgan fingerprint density at radius 1 is 1.37 bits per heavy atom. The SMILES string of the molecule is CCCNCc1ccc(S(=O)(=O)N(C)C(C)C)nc1. The van der Waals surface area contributed by atoms with Crippen LogP contribution in [0.1, 0.15) is 32.8 Å². The molecule has 0 saturated heterocycles. The van der Waals surface area contributed by atoms with Gasteiger partial charge in [-0.25, -0.2) is 13.4 Å². The molecule has 0 spiro atoms. The molecule has 0 aromatic carbocycles. The van der Waals surface area contributed by atoms with Gasteiger partial charge in [0.1, 0.15) is 0 Å². The summed E-state index contributed by atoms with van der Waals surface area (Å²) in [5, 5.41) is 3.35. The first kappa shape index (κ1) is 16.1. The molecule has 0 radical (unpaired) electrons. The second kappa shape index (κ2) is 6.98. The van der Waals surface area contributed by atoms with E-state index in [1.165, 1.54) is 4.31 Å². The van der Waals surface area contributed by atoms with Gasteiger partial charge in [0.15, 0.2) is 5.03 Å². The van der Waals surface area contributed by atoms with Crippen LogP contribution in [-0.4, -0.2) is 37.3 Å². The van der Waals surface area contributed by atoms with E-state index in [2.05, 4.69) is 17.2 Å². The van der Waals surface area contributed by atoms with Gasteiger partial charge in [0.2, 0.25) is 0 Å². The molecule has 1 rings (SSSR count). The topological polar surface area (TPSA) is 62.3 Å². The summed E-state index contributed by atoms with van der Waals surface area (Å²) >= 11 is 0. The minimum absolute atomic E-state index is 0.0855. The van der Waals surface area contributed by atoms with Gasteiger partial charge in [-0.05, 0) is 38.4 Å². The number of sulfonamides is 1. The largest absolute Gasteiger partial charge is 0.313 e. The average Bonchev–Trinajstić information content (AvgIpc) is 2.38. The van der Waals surface area contributed by atoms with E-state index in [1.807, 2.05) is 13.8 Å². The lowest BCUT2D eigenvalue weighted by Crippen LogP contribution is -2.33. The Morgan fingerprint density at radius 2 is 2.05 bits per heavy atom. The maximum Gasteiger partial charge on any atom is 0.260 e. The third kappa shape index (κ3) is 4.26. The van der Waals surface area contributed by atoms with Crippen LogP contribution >= 0.6 is 0 Å². The third-order valence-corrected chi connectivity index (χ3v) is 4.87. The van der Waals surface area contributed by atoms with Gasteiger partial charge in [-0.3, -0.25) is 0 Å². The summed E-state index contributed by atoms with van der Waals surface area (Å²) in [5.74, 6) is 0. The predicted molar refractivity (Wildman–Crippen MR) is 76.3 cm³/mol. The van der Waals surface area contributed by atoms with E-state index in [0.717, 1.165) is 18.5 Å². The molecular weight excluding hydrogens is 262 g/mol. The Morgan fingerprint density at radius 3 is 2.53 bits per heavy atom. The van der Waals surface area contributed by atoms with Gasteiger partial charge < -0.3 is 5.32 Å². The zero-order valence-corrected chi connectivity index (χ0v) is 12.9. The van der Waals surface area contributed by atoms with Crippen LogP contribution < -0.4 is 5.32 Å². The summed E-state index contributed by atoms with van der Waals surface area (Å²) in [5.41, 5.74) is 0.986. The maximum absolute atomic E-state index is 12.2. The van der Waals surface area contributed by atoms with Crippen molar-refractivity contribution in [3.8, 4) is 0 Å². The van der Waals surface area contributed by atoms with Gasteiger partial charge in [0.05, 0.1) is 0 Å². The number of hydrogen-bond acceptors (Lipinski definition) is 4. The standard InChI is InChI=1S/C13H23N3O2S/c1-5-8-14-9-12-6-7-13(15-10-12)19(17,18)16(4)11(2)3/h6-7,10-11,14H,5,8-9H2,1-4H3. The van der Waals surface area contributed by atoms with Crippen molar-refractivity contribution >= 4 is 10.0 Å². The van der Waals surface area contributed by atoms with E-state index < -0.39 is 10.0 Å². The summed E-state index contributed by atoms with van der Waals surface area (Å²) in [4.78, 5) is 4.06. The van der Waals surface area contributed by atoms with Crippen molar-refractivity contribution in [3.05, 3.63) is 23.9 Å². The molecule has 0 aliphatic rings. The lowest BCUT2D eigenvalue weighted by Gasteiger charge is -2.20. The number of aromatic nitrogens is 1. The second-order valence-corrected chi connectivity index (χ2v) is 6.74. The third-order valence-electron chi connectivity index (χ3n) is 2.92. The summed E-state index contributed by atoms with van der Waals surface area (Å²) in [6.45, 7) is 7.42. The van der Waals surface area contributed by atoms with Gasteiger partial charge in [-0.1, -0.05) is 13.0 Å². The number of rotatable bonds is 7. The lowest BCUT2D eigenvalue weighted by atomic mass is 10.3. The Hall–Kier alpha value is -0.980. The second-order valence-electron chi connectivity index (χ2n) is 4.80. The Balaban J connectivity index is 2.81. The van der Waals surface area contributed by atoms with Crippen LogP contribution in [0.4, 0.5) is 0 Å². The first-order chi connectivity index (χ1) is 8.89. The van der Waals surface area contributed by atoms with Crippen molar-refractivity contribution < 1.29 is 8.42 Å². The number of pyridine rings is 1. The van der Waals surface area contributed by atoms with Crippen LogP contribution in [0.3, 0.4) is 0 Å². The first-order valence-corrected chi connectivity index (χ1v) is 7.97. The van der Waals surface area contributed by atoms with Crippen LogP contribution in [0.2, 0.25) is 0 Å². The van der Waals surface area contributed by atoms with E-state index >= 15 is 0 Å². The minimum Gasteiger partial charge on any atom is -0.313 e. The quantitative estimate of drug-likeness (QED) is 0.773. The van der Waals surface area contributed by atoms with Gasteiger partial charge >= 0.3 is 0 Å². The van der Waals surface area contributed by atoms with E-state index in [-0.39, 0.29) is 11.1 Å². The van der Waals surface area contributed by atoms with E-state index in [4.69, 9.17) is 0 Å². The molecule has 0 aliphatic heterocycles. The highest BCUT2D eigenvalue weighted by molar-refractivity contribution is 7.89. The van der Waals surface area contributed by atoms with Crippen molar-refractivity contribution in [1.82, 2.24) is 14.6 Å². The highest BCUT2D eigenvalue weighted by atomic mass is 32.2. The maximum atomic E-state index is 12.2. The van der Waals surface area contributed by atoms with Crippen molar-refractivity contribution in [3.63, 3.8) is 0 Å². The number of hydrogen-bond donors (Lipinski definition) is 1. The van der Waals surface area contributed by atoms with Gasteiger partial charge in [-0.2, -0.15) is 4.31 Å². The Labute approximate surface area is 116 Å². The average molecular weight is 285 g/mol. The molecule has 0 bridgehead atoms. The smallest absolute Gasteiger partial charge is 0.260 e. The predicted octanol–water partition coefficient (Wildman–Crippen LogP) is 1.61. The molecule has 1 heterocycles. The van der Waals surface area contributed by atoms with Crippen LogP contribution in [0, 0.1) is 0 Å². The normalized spacial score (nSPS) is 12.3. The fourth-order valence-corrected chi connectivity index (χ4v) is 2.78. The van der Waals surface area contributed by atoms with E-state index in [0.29, 0.717) is 6.54 Å². The van der Waals surface area contributed by atoms with Crippen molar-refractivity contribution in [2.75, 3.05) is 13.6 Å². The molecular formula is C13H23N3O2S. The summed E-state index contributed by atoms with van der Waals surface area (Å²) in [7, 11) is -1.91. The molecule has 0 saturated carbocycles. The van der Waals surface area contributed by atoms with Crippen LogP contribution in [0.25, 0.3) is 0 Å². The molecule has 0 atom stereocenters. The monoisotopic (exact) mass is 285 g/mol. The van der Waals surface area contributed by atoms with E-state index in [1.54, 1.807) is 25.4 Å².